The van der Waals surface area contributed by atoms with E-state index in [1.807, 2.05) is 30.3 Å². The molecular formula is C18H21NO4. The van der Waals surface area contributed by atoms with Gasteiger partial charge in [-0.05, 0) is 35.7 Å². The van der Waals surface area contributed by atoms with E-state index < -0.39 is 12.2 Å². The predicted octanol–water partition coefficient (Wildman–Crippen LogP) is 3.00. The quantitative estimate of drug-likeness (QED) is 0.890. The molecule has 0 aliphatic carbocycles. The SMILES string of the molecule is Cc1cc(C(O)CN(C)C(=O)OCc2ccccc2)ccc1O. The molecule has 1 unspecified atom stereocenters. The molecule has 23 heavy (non-hydrogen) atoms. The fraction of sp³-hybridized carbons (Fsp3) is 0.278. The molecule has 122 valence electrons. The van der Waals surface area contributed by atoms with Crippen molar-refractivity contribution in [1.29, 1.82) is 0 Å². The maximum absolute atomic E-state index is 12.0. The zero-order chi connectivity index (χ0) is 16.8. The second-order valence-corrected chi connectivity index (χ2v) is 5.48. The van der Waals surface area contributed by atoms with Crippen molar-refractivity contribution < 1.29 is 19.7 Å². The number of aliphatic hydroxyl groups is 1. The number of carbonyl (C=O) groups excluding carboxylic acids is 1. The standard InChI is InChI=1S/C18H21NO4/c1-13-10-15(8-9-16(13)20)17(21)11-19(2)18(22)23-12-14-6-4-3-5-7-14/h3-10,17,20-21H,11-12H2,1-2H3. The number of nitrogens with zero attached hydrogens (tertiary/aromatic N) is 1. The molecule has 0 saturated heterocycles. The van der Waals surface area contributed by atoms with Crippen molar-refractivity contribution in [2.75, 3.05) is 13.6 Å². The summed E-state index contributed by atoms with van der Waals surface area (Å²) in [6.07, 6.45) is -1.34. The smallest absolute Gasteiger partial charge is 0.409 e. The molecule has 0 aliphatic heterocycles. The average Bonchev–Trinajstić information content (AvgIpc) is 2.55. The summed E-state index contributed by atoms with van der Waals surface area (Å²) in [5, 5.41) is 19.7. The molecule has 1 amide bonds. The van der Waals surface area contributed by atoms with Gasteiger partial charge in [-0.3, -0.25) is 0 Å². The van der Waals surface area contributed by atoms with Gasteiger partial charge in [-0.25, -0.2) is 4.79 Å². The van der Waals surface area contributed by atoms with Gasteiger partial charge >= 0.3 is 6.09 Å². The first-order valence-electron chi connectivity index (χ1n) is 7.36. The number of carbonyl (C=O) groups is 1. The van der Waals surface area contributed by atoms with Gasteiger partial charge in [0, 0.05) is 7.05 Å². The van der Waals surface area contributed by atoms with Gasteiger partial charge in [-0.1, -0.05) is 36.4 Å². The third kappa shape index (κ3) is 4.72. The summed E-state index contributed by atoms with van der Waals surface area (Å²) < 4.78 is 5.21. The number of aliphatic hydroxyl groups excluding tert-OH is 1. The van der Waals surface area contributed by atoms with E-state index in [1.165, 1.54) is 11.0 Å². The zero-order valence-corrected chi connectivity index (χ0v) is 13.3. The minimum absolute atomic E-state index is 0.109. The summed E-state index contributed by atoms with van der Waals surface area (Å²) in [5.41, 5.74) is 2.22. The van der Waals surface area contributed by atoms with E-state index in [0.29, 0.717) is 11.1 Å². The number of rotatable bonds is 5. The van der Waals surface area contributed by atoms with Crippen LogP contribution < -0.4 is 0 Å². The van der Waals surface area contributed by atoms with Crippen LogP contribution >= 0.6 is 0 Å². The van der Waals surface area contributed by atoms with Gasteiger partial charge < -0.3 is 19.8 Å². The van der Waals surface area contributed by atoms with Crippen molar-refractivity contribution in [2.24, 2.45) is 0 Å². The monoisotopic (exact) mass is 315 g/mol. The molecule has 0 heterocycles. The highest BCUT2D eigenvalue weighted by Gasteiger charge is 2.17. The number of phenols is 1. The highest BCUT2D eigenvalue weighted by molar-refractivity contribution is 5.67. The molecule has 0 fully saturated rings. The van der Waals surface area contributed by atoms with Crippen molar-refractivity contribution >= 4 is 6.09 Å². The number of aromatic hydroxyl groups is 1. The Labute approximate surface area is 135 Å². The van der Waals surface area contributed by atoms with E-state index in [2.05, 4.69) is 0 Å². The van der Waals surface area contributed by atoms with E-state index in [1.54, 1.807) is 26.1 Å². The molecule has 0 radical (unpaired) electrons. The van der Waals surface area contributed by atoms with Gasteiger partial charge in [-0.2, -0.15) is 0 Å². The maximum Gasteiger partial charge on any atom is 0.409 e. The van der Waals surface area contributed by atoms with Crippen LogP contribution in [0.25, 0.3) is 0 Å². The fourth-order valence-electron chi connectivity index (χ4n) is 2.15. The van der Waals surface area contributed by atoms with E-state index in [0.717, 1.165) is 5.56 Å². The van der Waals surface area contributed by atoms with Crippen LogP contribution in [0.4, 0.5) is 4.79 Å². The number of phenolic OH excluding ortho intramolecular Hbond substituents is 1. The Morgan fingerprint density at radius 2 is 1.91 bits per heavy atom. The summed E-state index contributed by atoms with van der Waals surface area (Å²) in [6, 6.07) is 14.3. The number of hydrogen-bond acceptors (Lipinski definition) is 4. The van der Waals surface area contributed by atoms with Crippen molar-refractivity contribution in [3.8, 4) is 5.75 Å². The summed E-state index contributed by atoms with van der Waals surface area (Å²) >= 11 is 0. The van der Waals surface area contributed by atoms with E-state index >= 15 is 0 Å². The third-order valence-electron chi connectivity index (χ3n) is 3.57. The van der Waals surface area contributed by atoms with Crippen molar-refractivity contribution in [3.05, 3.63) is 65.2 Å². The molecule has 2 N–H and O–H groups in total. The van der Waals surface area contributed by atoms with Gasteiger partial charge in [0.25, 0.3) is 0 Å². The molecule has 0 bridgehead atoms. The Kier molecular flexibility index (Phi) is 5.60. The van der Waals surface area contributed by atoms with Gasteiger partial charge in [0.1, 0.15) is 12.4 Å². The minimum Gasteiger partial charge on any atom is -0.508 e. The highest BCUT2D eigenvalue weighted by atomic mass is 16.6. The molecule has 5 heteroatoms. The maximum atomic E-state index is 12.0. The van der Waals surface area contributed by atoms with E-state index in [9.17, 15) is 15.0 Å². The van der Waals surface area contributed by atoms with Crippen LogP contribution in [0, 0.1) is 6.92 Å². The Morgan fingerprint density at radius 1 is 1.22 bits per heavy atom. The number of benzene rings is 2. The lowest BCUT2D eigenvalue weighted by Crippen LogP contribution is -2.31. The van der Waals surface area contributed by atoms with Crippen LogP contribution in [0.1, 0.15) is 22.8 Å². The lowest BCUT2D eigenvalue weighted by atomic mass is 10.1. The van der Waals surface area contributed by atoms with Crippen LogP contribution in [0.5, 0.6) is 5.75 Å². The summed E-state index contributed by atoms with van der Waals surface area (Å²) in [7, 11) is 1.57. The summed E-state index contributed by atoms with van der Waals surface area (Å²) in [5.74, 6) is 0.177. The number of amides is 1. The molecule has 5 nitrogen and oxygen atoms in total. The molecule has 0 saturated carbocycles. The first kappa shape index (κ1) is 16.8. The number of likely N-dealkylation sites (N-methyl/N-ethyl adjacent to an activating group) is 1. The van der Waals surface area contributed by atoms with Gasteiger partial charge in [-0.15, -0.1) is 0 Å². The number of aryl methyl sites for hydroxylation is 1. The van der Waals surface area contributed by atoms with Crippen molar-refractivity contribution in [1.82, 2.24) is 4.90 Å². The van der Waals surface area contributed by atoms with Gasteiger partial charge in [0.15, 0.2) is 0 Å². The van der Waals surface area contributed by atoms with Gasteiger partial charge in [0.05, 0.1) is 12.6 Å². The Hall–Kier alpha value is -2.53. The summed E-state index contributed by atoms with van der Waals surface area (Å²) in [4.78, 5) is 13.3. The second kappa shape index (κ2) is 7.65. The third-order valence-corrected chi connectivity index (χ3v) is 3.57. The van der Waals surface area contributed by atoms with Crippen LogP contribution in [0.2, 0.25) is 0 Å². The Morgan fingerprint density at radius 3 is 2.57 bits per heavy atom. The molecule has 2 aromatic rings. The number of hydrogen-bond donors (Lipinski definition) is 2. The van der Waals surface area contributed by atoms with Crippen molar-refractivity contribution in [2.45, 2.75) is 19.6 Å². The van der Waals surface area contributed by atoms with Crippen LogP contribution in [0.3, 0.4) is 0 Å². The topological polar surface area (TPSA) is 70.0 Å². The van der Waals surface area contributed by atoms with Gasteiger partial charge in [0.2, 0.25) is 0 Å². The number of ether oxygens (including phenoxy) is 1. The van der Waals surface area contributed by atoms with E-state index in [-0.39, 0.29) is 18.9 Å². The Balaban J connectivity index is 1.88. The van der Waals surface area contributed by atoms with Crippen molar-refractivity contribution in [3.63, 3.8) is 0 Å². The van der Waals surface area contributed by atoms with Crippen LogP contribution in [0.15, 0.2) is 48.5 Å². The average molecular weight is 315 g/mol. The first-order valence-corrected chi connectivity index (χ1v) is 7.36. The molecule has 0 aliphatic rings. The molecule has 0 spiro atoms. The van der Waals surface area contributed by atoms with E-state index in [4.69, 9.17) is 4.74 Å². The lowest BCUT2D eigenvalue weighted by molar-refractivity contribution is 0.0787. The normalized spacial score (nSPS) is 11.8. The predicted molar refractivity (Wildman–Crippen MR) is 87.1 cm³/mol. The molecule has 0 aromatic heterocycles. The molecule has 2 rings (SSSR count). The lowest BCUT2D eigenvalue weighted by Gasteiger charge is -2.21. The summed E-state index contributed by atoms with van der Waals surface area (Å²) in [6.45, 7) is 2.06. The second-order valence-electron chi connectivity index (χ2n) is 5.48. The molecular weight excluding hydrogens is 294 g/mol. The van der Waals surface area contributed by atoms with Crippen LogP contribution in [-0.2, 0) is 11.3 Å². The Bertz CT molecular complexity index is 657. The highest BCUT2D eigenvalue weighted by Crippen LogP contribution is 2.22. The fourth-order valence-corrected chi connectivity index (χ4v) is 2.15. The zero-order valence-electron chi connectivity index (χ0n) is 13.3. The molecule has 2 aromatic carbocycles. The molecule has 1 atom stereocenters. The van der Waals surface area contributed by atoms with Crippen LogP contribution in [-0.4, -0.2) is 34.8 Å². The largest absolute Gasteiger partial charge is 0.508 e. The minimum atomic E-state index is -0.844. The first-order chi connectivity index (χ1) is 11.0.